The normalized spacial score (nSPS) is 11.9. The van der Waals surface area contributed by atoms with Gasteiger partial charge >= 0.3 is 6.18 Å². The van der Waals surface area contributed by atoms with E-state index in [-0.39, 0.29) is 36.5 Å². The Labute approximate surface area is 195 Å². The summed E-state index contributed by atoms with van der Waals surface area (Å²) in [6.07, 6.45) is -2.50. The zero-order chi connectivity index (χ0) is 24.9. The summed E-state index contributed by atoms with van der Waals surface area (Å²) in [5.74, 6) is -0.862. The van der Waals surface area contributed by atoms with Gasteiger partial charge in [-0.1, -0.05) is 18.2 Å². The third kappa shape index (κ3) is 7.18. The Morgan fingerprint density at radius 3 is 2.44 bits per heavy atom. The first-order valence-corrected chi connectivity index (χ1v) is 12.3. The van der Waals surface area contributed by atoms with Crippen molar-refractivity contribution in [2.75, 3.05) is 18.6 Å². The number of sulfone groups is 1. The van der Waals surface area contributed by atoms with Gasteiger partial charge in [0.1, 0.15) is 33.6 Å². The van der Waals surface area contributed by atoms with Crippen molar-refractivity contribution in [1.82, 2.24) is 4.98 Å². The lowest BCUT2D eigenvalue weighted by molar-refractivity contribution is -0.139. The molecule has 0 atom stereocenters. The predicted octanol–water partition coefficient (Wildman–Crippen LogP) is 5.61. The van der Waals surface area contributed by atoms with Gasteiger partial charge < -0.3 is 9.47 Å². The molecular weight excluding hydrogens is 474 g/mol. The van der Waals surface area contributed by atoms with E-state index in [1.807, 2.05) is 13.0 Å². The number of pyridine rings is 1. The Kier molecular flexibility index (Phi) is 7.81. The lowest BCUT2D eigenvalue weighted by atomic mass is 10.0. The van der Waals surface area contributed by atoms with Crippen LogP contribution in [0.15, 0.2) is 54.7 Å². The molecule has 1 aromatic heterocycles. The maximum atomic E-state index is 14.3. The molecule has 0 aliphatic rings. The SMILES string of the molecule is Cc1cccc(OCc2cc(-c3cnc(OCCCS(C)(=O)=O)c(C(F)(F)F)c3)ccc2F)c1. The van der Waals surface area contributed by atoms with Gasteiger partial charge in [-0.05, 0) is 54.8 Å². The Hall–Kier alpha value is -3.14. The molecular formula is C24H23F4NO4S. The molecule has 2 aromatic carbocycles. The highest BCUT2D eigenvalue weighted by molar-refractivity contribution is 7.90. The second-order valence-corrected chi connectivity index (χ2v) is 10.1. The van der Waals surface area contributed by atoms with E-state index in [9.17, 15) is 26.0 Å². The molecule has 0 amide bonds. The smallest absolute Gasteiger partial charge is 0.421 e. The summed E-state index contributed by atoms with van der Waals surface area (Å²) in [5, 5.41) is 0. The summed E-state index contributed by atoms with van der Waals surface area (Å²) in [5.41, 5.74) is 0.481. The van der Waals surface area contributed by atoms with Crippen molar-refractivity contribution < 1.29 is 35.5 Å². The van der Waals surface area contributed by atoms with Crippen LogP contribution in [0.3, 0.4) is 0 Å². The number of ether oxygens (including phenoxy) is 2. The molecule has 10 heteroatoms. The predicted molar refractivity (Wildman–Crippen MR) is 120 cm³/mol. The summed E-state index contributed by atoms with van der Waals surface area (Å²) < 4.78 is 88.3. The standard InChI is InChI=1S/C24H23F4NO4S/c1-16-5-3-6-20(11-16)33-15-19-12-17(7-8-22(19)25)18-13-21(24(26,27)28)23(29-14-18)32-9-4-10-34(2,30)31/h3,5-8,11-14H,4,9-10,15H2,1-2H3. The fourth-order valence-electron chi connectivity index (χ4n) is 3.15. The van der Waals surface area contributed by atoms with Crippen LogP contribution >= 0.6 is 0 Å². The van der Waals surface area contributed by atoms with Crippen LogP contribution in [0.4, 0.5) is 17.6 Å². The number of rotatable bonds is 9. The van der Waals surface area contributed by atoms with E-state index in [1.165, 1.54) is 18.3 Å². The van der Waals surface area contributed by atoms with Gasteiger partial charge in [-0.25, -0.2) is 17.8 Å². The van der Waals surface area contributed by atoms with Gasteiger partial charge in [0.2, 0.25) is 5.88 Å². The summed E-state index contributed by atoms with van der Waals surface area (Å²) in [6.45, 7) is 1.54. The third-order valence-corrected chi connectivity index (χ3v) is 5.85. The average molecular weight is 498 g/mol. The number of alkyl halides is 3. The largest absolute Gasteiger partial charge is 0.489 e. The molecule has 0 N–H and O–H groups in total. The molecule has 3 rings (SSSR count). The quantitative estimate of drug-likeness (QED) is 0.284. The number of hydrogen-bond donors (Lipinski definition) is 0. The first-order valence-electron chi connectivity index (χ1n) is 10.3. The van der Waals surface area contributed by atoms with Crippen molar-refractivity contribution in [2.45, 2.75) is 26.1 Å². The number of benzene rings is 2. The second kappa shape index (κ2) is 10.4. The third-order valence-electron chi connectivity index (χ3n) is 4.82. The van der Waals surface area contributed by atoms with Gasteiger partial charge in [0, 0.05) is 23.6 Å². The summed E-state index contributed by atoms with van der Waals surface area (Å²) in [4.78, 5) is 3.79. The minimum Gasteiger partial charge on any atom is -0.489 e. The van der Waals surface area contributed by atoms with Crippen molar-refractivity contribution in [3.63, 3.8) is 0 Å². The molecule has 0 unspecified atom stereocenters. The first-order chi connectivity index (χ1) is 15.9. The molecule has 1 heterocycles. The highest BCUT2D eigenvalue weighted by Gasteiger charge is 2.36. The maximum Gasteiger partial charge on any atom is 0.421 e. The fraction of sp³-hybridized carbons (Fsp3) is 0.292. The topological polar surface area (TPSA) is 65.5 Å². The number of aromatic nitrogens is 1. The molecule has 182 valence electrons. The zero-order valence-electron chi connectivity index (χ0n) is 18.5. The second-order valence-electron chi connectivity index (χ2n) is 7.82. The summed E-state index contributed by atoms with van der Waals surface area (Å²) in [7, 11) is -3.26. The van der Waals surface area contributed by atoms with E-state index >= 15 is 0 Å². The van der Waals surface area contributed by atoms with E-state index in [0.29, 0.717) is 11.3 Å². The van der Waals surface area contributed by atoms with Crippen LogP contribution in [0.2, 0.25) is 0 Å². The Morgan fingerprint density at radius 1 is 1.00 bits per heavy atom. The van der Waals surface area contributed by atoms with E-state index < -0.39 is 33.3 Å². The molecule has 0 spiro atoms. The number of hydrogen-bond acceptors (Lipinski definition) is 5. The Bertz CT molecular complexity index is 1260. The van der Waals surface area contributed by atoms with Crippen LogP contribution in [0.5, 0.6) is 11.6 Å². The number of aryl methyl sites for hydroxylation is 1. The first kappa shape index (κ1) is 25.5. The fourth-order valence-corrected chi connectivity index (χ4v) is 3.79. The Morgan fingerprint density at radius 2 is 1.76 bits per heavy atom. The maximum absolute atomic E-state index is 14.3. The highest BCUT2D eigenvalue weighted by Crippen LogP contribution is 2.37. The van der Waals surface area contributed by atoms with Gasteiger partial charge in [0.15, 0.2) is 0 Å². The van der Waals surface area contributed by atoms with E-state index in [2.05, 4.69) is 4.98 Å². The Balaban J connectivity index is 1.82. The van der Waals surface area contributed by atoms with E-state index in [0.717, 1.165) is 24.0 Å². The van der Waals surface area contributed by atoms with E-state index in [1.54, 1.807) is 18.2 Å². The lowest BCUT2D eigenvalue weighted by Crippen LogP contribution is -2.13. The van der Waals surface area contributed by atoms with Crippen LogP contribution in [0.25, 0.3) is 11.1 Å². The highest BCUT2D eigenvalue weighted by atomic mass is 32.2. The van der Waals surface area contributed by atoms with Crippen molar-refractivity contribution in [2.24, 2.45) is 0 Å². The van der Waals surface area contributed by atoms with Crippen LogP contribution in [-0.2, 0) is 22.6 Å². The van der Waals surface area contributed by atoms with Crippen molar-refractivity contribution >= 4 is 9.84 Å². The lowest BCUT2D eigenvalue weighted by Gasteiger charge is -2.15. The molecule has 0 bridgehead atoms. The van der Waals surface area contributed by atoms with Crippen molar-refractivity contribution in [1.29, 1.82) is 0 Å². The zero-order valence-corrected chi connectivity index (χ0v) is 19.3. The minimum atomic E-state index is -4.76. The molecule has 5 nitrogen and oxygen atoms in total. The van der Waals surface area contributed by atoms with Gasteiger partial charge in [-0.15, -0.1) is 0 Å². The molecule has 0 fully saturated rings. The summed E-state index contributed by atoms with van der Waals surface area (Å²) >= 11 is 0. The average Bonchev–Trinajstić information content (AvgIpc) is 2.75. The van der Waals surface area contributed by atoms with Crippen LogP contribution < -0.4 is 9.47 Å². The molecule has 0 aliphatic carbocycles. The number of halogens is 4. The van der Waals surface area contributed by atoms with E-state index in [4.69, 9.17) is 9.47 Å². The monoisotopic (exact) mass is 497 g/mol. The van der Waals surface area contributed by atoms with Gasteiger partial charge in [0.05, 0.1) is 12.4 Å². The molecule has 0 radical (unpaired) electrons. The van der Waals surface area contributed by atoms with Crippen molar-refractivity contribution in [3.05, 3.63) is 77.2 Å². The minimum absolute atomic E-state index is 0.0296. The van der Waals surface area contributed by atoms with Gasteiger partial charge in [0.25, 0.3) is 0 Å². The number of nitrogens with zero attached hydrogens (tertiary/aromatic N) is 1. The van der Waals surface area contributed by atoms with Gasteiger partial charge in [-0.2, -0.15) is 13.2 Å². The van der Waals surface area contributed by atoms with Crippen LogP contribution in [-0.4, -0.2) is 32.0 Å². The molecule has 3 aromatic rings. The molecule has 0 saturated carbocycles. The van der Waals surface area contributed by atoms with Crippen LogP contribution in [0.1, 0.15) is 23.1 Å². The summed E-state index contributed by atoms with van der Waals surface area (Å²) in [6, 6.07) is 12.0. The molecule has 34 heavy (non-hydrogen) atoms. The molecule has 0 saturated heterocycles. The van der Waals surface area contributed by atoms with Gasteiger partial charge in [-0.3, -0.25) is 0 Å². The van der Waals surface area contributed by atoms with Crippen molar-refractivity contribution in [3.8, 4) is 22.8 Å². The molecule has 0 aliphatic heterocycles. The van der Waals surface area contributed by atoms with Crippen LogP contribution in [0, 0.1) is 12.7 Å².